The maximum atomic E-state index is 14.1. The lowest BCUT2D eigenvalue weighted by molar-refractivity contribution is -0.123. The molecule has 3 aromatic carbocycles. The van der Waals surface area contributed by atoms with E-state index in [1.807, 2.05) is 0 Å². The Balaban J connectivity index is 1.49. The van der Waals surface area contributed by atoms with Crippen molar-refractivity contribution in [2.45, 2.75) is 6.54 Å². The highest BCUT2D eigenvalue weighted by molar-refractivity contribution is 8.18. The lowest BCUT2D eigenvalue weighted by atomic mass is 10.1. The summed E-state index contributed by atoms with van der Waals surface area (Å²) in [6, 6.07) is 17.2. The van der Waals surface area contributed by atoms with Gasteiger partial charge in [0.15, 0.2) is 0 Å². The molecule has 0 unspecified atom stereocenters. The molecule has 34 heavy (non-hydrogen) atoms. The Labute approximate surface area is 203 Å². The van der Waals surface area contributed by atoms with Gasteiger partial charge >= 0.3 is 5.97 Å². The molecule has 6 nitrogen and oxygen atoms in total. The molecule has 4 rings (SSSR count). The van der Waals surface area contributed by atoms with Gasteiger partial charge in [-0.25, -0.2) is 9.18 Å². The van der Waals surface area contributed by atoms with Crippen molar-refractivity contribution >= 4 is 46.6 Å². The molecular weight excluding hydrogens is 481 g/mol. The molecule has 0 aliphatic carbocycles. The number of carbonyl (C=O) groups excluding carboxylic acids is 3. The van der Waals surface area contributed by atoms with Crippen molar-refractivity contribution in [2.24, 2.45) is 0 Å². The average molecular weight is 498 g/mol. The number of ether oxygens (including phenoxy) is 2. The number of thioether (sulfide) groups is 1. The molecule has 2 amide bonds. The molecule has 0 N–H and O–H groups in total. The van der Waals surface area contributed by atoms with Crippen LogP contribution >= 0.6 is 23.4 Å². The van der Waals surface area contributed by atoms with Crippen molar-refractivity contribution in [2.75, 3.05) is 7.11 Å². The van der Waals surface area contributed by atoms with E-state index < -0.39 is 22.9 Å². The number of amides is 2. The summed E-state index contributed by atoms with van der Waals surface area (Å²) < 4.78 is 24.6. The second kappa shape index (κ2) is 10.1. The van der Waals surface area contributed by atoms with E-state index in [1.165, 1.54) is 31.4 Å². The van der Waals surface area contributed by atoms with Crippen molar-refractivity contribution in [3.05, 3.63) is 99.2 Å². The molecule has 1 aliphatic rings. The summed E-state index contributed by atoms with van der Waals surface area (Å²) >= 11 is 6.77. The van der Waals surface area contributed by atoms with Crippen molar-refractivity contribution in [3.63, 3.8) is 0 Å². The second-order valence-corrected chi connectivity index (χ2v) is 8.56. The number of methoxy groups -OCH3 is 1. The van der Waals surface area contributed by atoms with Gasteiger partial charge in [-0.2, -0.15) is 0 Å². The number of rotatable bonds is 6. The van der Waals surface area contributed by atoms with E-state index >= 15 is 0 Å². The maximum Gasteiger partial charge on any atom is 0.343 e. The Morgan fingerprint density at radius 2 is 1.79 bits per heavy atom. The number of carbonyl (C=O) groups is 3. The van der Waals surface area contributed by atoms with E-state index in [0.29, 0.717) is 16.9 Å². The van der Waals surface area contributed by atoms with Gasteiger partial charge in [0.2, 0.25) is 0 Å². The van der Waals surface area contributed by atoms with E-state index in [9.17, 15) is 18.8 Å². The van der Waals surface area contributed by atoms with E-state index in [0.717, 1.165) is 16.7 Å². The minimum atomic E-state index is -0.595. The van der Waals surface area contributed by atoms with Crippen LogP contribution in [0.3, 0.4) is 0 Å². The summed E-state index contributed by atoms with van der Waals surface area (Å²) in [5, 5.41) is -0.396. The molecule has 0 aromatic heterocycles. The Kier molecular flexibility index (Phi) is 7.00. The SMILES string of the molecule is COc1ccc(C(=O)Oc2cccc(/C=C3\SC(=O)N(Cc4c(F)cccc4Cl)C3=O)c2)cc1. The summed E-state index contributed by atoms with van der Waals surface area (Å²) in [4.78, 5) is 38.7. The number of imide groups is 1. The number of hydrogen-bond donors (Lipinski definition) is 0. The van der Waals surface area contributed by atoms with E-state index in [2.05, 4.69) is 0 Å². The highest BCUT2D eigenvalue weighted by Crippen LogP contribution is 2.35. The molecule has 9 heteroatoms. The van der Waals surface area contributed by atoms with Gasteiger partial charge in [-0.05, 0) is 71.9 Å². The van der Waals surface area contributed by atoms with Crippen LogP contribution in [0.5, 0.6) is 11.5 Å². The van der Waals surface area contributed by atoms with Crippen molar-refractivity contribution in [1.29, 1.82) is 0 Å². The van der Waals surface area contributed by atoms with Crippen LogP contribution in [0.4, 0.5) is 9.18 Å². The molecule has 0 spiro atoms. The van der Waals surface area contributed by atoms with Gasteiger partial charge in [0.1, 0.15) is 17.3 Å². The predicted molar refractivity (Wildman–Crippen MR) is 127 cm³/mol. The third kappa shape index (κ3) is 5.13. The van der Waals surface area contributed by atoms with Gasteiger partial charge in [0, 0.05) is 10.6 Å². The fraction of sp³-hybridized carbons (Fsp3) is 0.0800. The van der Waals surface area contributed by atoms with Crippen LogP contribution in [0, 0.1) is 5.82 Å². The summed E-state index contributed by atoms with van der Waals surface area (Å²) in [5.41, 5.74) is 0.966. The normalized spacial score (nSPS) is 14.6. The first-order valence-corrected chi connectivity index (χ1v) is 11.2. The molecule has 172 valence electrons. The van der Waals surface area contributed by atoms with Gasteiger partial charge in [-0.15, -0.1) is 0 Å². The number of esters is 1. The largest absolute Gasteiger partial charge is 0.497 e. The van der Waals surface area contributed by atoms with Crippen LogP contribution in [0.1, 0.15) is 21.5 Å². The molecule has 0 atom stereocenters. The van der Waals surface area contributed by atoms with Crippen LogP contribution in [0.25, 0.3) is 6.08 Å². The quantitative estimate of drug-likeness (QED) is 0.238. The predicted octanol–water partition coefficient (Wildman–Crippen LogP) is 5.94. The lowest BCUT2D eigenvalue weighted by Crippen LogP contribution is -2.28. The minimum absolute atomic E-state index is 0.0696. The van der Waals surface area contributed by atoms with Gasteiger partial charge in [0.25, 0.3) is 11.1 Å². The van der Waals surface area contributed by atoms with Gasteiger partial charge in [0.05, 0.1) is 24.1 Å². The molecule has 3 aromatic rings. The Morgan fingerprint density at radius 1 is 1.06 bits per heavy atom. The standard InChI is InChI=1S/C25H17ClFNO5S/c1-32-17-10-8-16(9-11-17)24(30)33-18-5-2-4-15(12-18)13-22-23(29)28(25(31)34-22)14-19-20(26)6-3-7-21(19)27/h2-13H,14H2,1H3/b22-13-. The highest BCUT2D eigenvalue weighted by Gasteiger charge is 2.35. The molecule has 1 fully saturated rings. The second-order valence-electron chi connectivity index (χ2n) is 7.16. The van der Waals surface area contributed by atoms with Crippen LogP contribution < -0.4 is 9.47 Å². The van der Waals surface area contributed by atoms with Gasteiger partial charge in [-0.1, -0.05) is 29.8 Å². The zero-order valence-corrected chi connectivity index (χ0v) is 19.4. The molecule has 1 heterocycles. The molecule has 1 saturated heterocycles. The van der Waals surface area contributed by atoms with Crippen molar-refractivity contribution in [1.82, 2.24) is 4.90 Å². The van der Waals surface area contributed by atoms with Crippen molar-refractivity contribution in [3.8, 4) is 11.5 Å². The summed E-state index contributed by atoms with van der Waals surface area (Å²) in [6.07, 6.45) is 1.51. The van der Waals surface area contributed by atoms with Crippen LogP contribution in [-0.2, 0) is 11.3 Å². The van der Waals surface area contributed by atoms with Crippen LogP contribution in [0.15, 0.2) is 71.6 Å². The molecular formula is C25H17ClFNO5S. The Bertz CT molecular complexity index is 1290. The minimum Gasteiger partial charge on any atom is -0.497 e. The lowest BCUT2D eigenvalue weighted by Gasteiger charge is -2.14. The zero-order valence-electron chi connectivity index (χ0n) is 17.8. The van der Waals surface area contributed by atoms with E-state index in [1.54, 1.807) is 48.5 Å². The zero-order chi connectivity index (χ0) is 24.2. The summed E-state index contributed by atoms with van der Waals surface area (Å²) in [6.45, 7) is -0.271. The van der Waals surface area contributed by atoms with Crippen LogP contribution in [-0.4, -0.2) is 29.1 Å². The number of benzene rings is 3. The number of hydrogen-bond acceptors (Lipinski definition) is 6. The molecule has 0 radical (unpaired) electrons. The monoisotopic (exact) mass is 497 g/mol. The molecule has 0 saturated carbocycles. The topological polar surface area (TPSA) is 72.9 Å². The van der Waals surface area contributed by atoms with E-state index in [-0.39, 0.29) is 27.8 Å². The smallest absolute Gasteiger partial charge is 0.343 e. The third-order valence-electron chi connectivity index (χ3n) is 4.94. The average Bonchev–Trinajstić information content (AvgIpc) is 3.08. The summed E-state index contributed by atoms with van der Waals surface area (Å²) in [5.74, 6) is -0.824. The first-order valence-electron chi connectivity index (χ1n) is 10.0. The maximum absolute atomic E-state index is 14.1. The third-order valence-corrected chi connectivity index (χ3v) is 6.21. The number of nitrogens with zero attached hydrogens (tertiary/aromatic N) is 1. The van der Waals surface area contributed by atoms with Gasteiger partial charge in [-0.3, -0.25) is 14.5 Å². The van der Waals surface area contributed by atoms with Gasteiger partial charge < -0.3 is 9.47 Å². The number of halogens is 2. The first kappa shape index (κ1) is 23.5. The molecule has 0 bridgehead atoms. The fourth-order valence-corrected chi connectivity index (χ4v) is 4.25. The highest BCUT2D eigenvalue weighted by atomic mass is 35.5. The van der Waals surface area contributed by atoms with Crippen LogP contribution in [0.2, 0.25) is 5.02 Å². The fourth-order valence-electron chi connectivity index (χ4n) is 3.19. The Hall–Kier alpha value is -3.62. The van der Waals surface area contributed by atoms with E-state index in [4.69, 9.17) is 21.1 Å². The summed E-state index contributed by atoms with van der Waals surface area (Å²) in [7, 11) is 1.53. The first-order chi connectivity index (χ1) is 16.4. The Morgan fingerprint density at radius 3 is 2.50 bits per heavy atom. The molecule has 1 aliphatic heterocycles. The van der Waals surface area contributed by atoms with Crippen molar-refractivity contribution < 1.29 is 28.2 Å².